The van der Waals surface area contributed by atoms with E-state index in [1.165, 1.54) is 20.0 Å². The first-order valence-corrected chi connectivity index (χ1v) is 11.2. The minimum absolute atomic E-state index is 0.155. The van der Waals surface area contributed by atoms with Crippen molar-refractivity contribution in [3.8, 4) is 0 Å². The molecule has 0 bridgehead atoms. The third-order valence-corrected chi connectivity index (χ3v) is 7.65. The number of ether oxygens (including phenoxy) is 1. The molecule has 2 aliphatic rings. The molecule has 4 nitrogen and oxygen atoms in total. The van der Waals surface area contributed by atoms with Gasteiger partial charge in [-0.2, -0.15) is 0 Å². The number of rotatable bonds is 10. The van der Waals surface area contributed by atoms with Crippen molar-refractivity contribution < 1.29 is 19.7 Å². The van der Waals surface area contributed by atoms with E-state index in [1.54, 1.807) is 11.8 Å². The molecule has 0 aromatic heterocycles. The largest absolute Gasteiger partial charge is 0.469 e. The van der Waals surface area contributed by atoms with Crippen molar-refractivity contribution in [2.24, 2.45) is 11.8 Å². The van der Waals surface area contributed by atoms with Gasteiger partial charge < -0.3 is 14.9 Å². The van der Waals surface area contributed by atoms with E-state index in [0.29, 0.717) is 23.5 Å². The molecule has 0 radical (unpaired) electrons. The molecule has 0 aromatic rings. The summed E-state index contributed by atoms with van der Waals surface area (Å²) in [6.45, 7) is 2.19. The molecule has 0 amide bonds. The topological polar surface area (TPSA) is 66.8 Å². The summed E-state index contributed by atoms with van der Waals surface area (Å²) in [6, 6.07) is 0. The molecule has 2 fully saturated rings. The van der Waals surface area contributed by atoms with Crippen LogP contribution in [0.2, 0.25) is 0 Å². The fourth-order valence-corrected chi connectivity index (χ4v) is 6.29. The number of carbonyl (C=O) groups excluding carboxylic acids is 1. The molecule has 5 heteroatoms. The van der Waals surface area contributed by atoms with E-state index in [2.05, 4.69) is 23.8 Å². The van der Waals surface area contributed by atoms with Crippen molar-refractivity contribution in [1.82, 2.24) is 0 Å². The van der Waals surface area contributed by atoms with Crippen LogP contribution >= 0.6 is 11.8 Å². The van der Waals surface area contributed by atoms with Gasteiger partial charge in [-0.05, 0) is 63.2 Å². The fraction of sp³-hybridized carbons (Fsp3) is 0.857. The van der Waals surface area contributed by atoms with Crippen LogP contribution in [-0.2, 0) is 9.53 Å². The van der Waals surface area contributed by atoms with E-state index < -0.39 is 4.93 Å². The first kappa shape index (κ1) is 21.8. The molecule has 0 aromatic carbocycles. The average Bonchev–Trinajstić information content (AvgIpc) is 2.91. The molecule has 2 rings (SSSR count). The van der Waals surface area contributed by atoms with Crippen LogP contribution in [0.1, 0.15) is 77.6 Å². The van der Waals surface area contributed by atoms with Crippen LogP contribution in [0.3, 0.4) is 0 Å². The second kappa shape index (κ2) is 10.7. The maximum atomic E-state index is 11.1. The first-order valence-electron chi connectivity index (χ1n) is 10.3. The lowest BCUT2D eigenvalue weighted by Gasteiger charge is -2.39. The summed E-state index contributed by atoms with van der Waals surface area (Å²) >= 11 is 1.74. The second-order valence-electron chi connectivity index (χ2n) is 7.90. The normalized spacial score (nSPS) is 34.2. The Morgan fingerprint density at radius 3 is 2.85 bits per heavy atom. The molecule has 150 valence electrons. The van der Waals surface area contributed by atoms with Gasteiger partial charge in [-0.1, -0.05) is 31.9 Å². The van der Waals surface area contributed by atoms with Crippen LogP contribution in [0, 0.1) is 11.8 Å². The Morgan fingerprint density at radius 1 is 1.31 bits per heavy atom. The van der Waals surface area contributed by atoms with Gasteiger partial charge in [-0.15, -0.1) is 11.8 Å². The van der Waals surface area contributed by atoms with E-state index in [9.17, 15) is 15.0 Å². The van der Waals surface area contributed by atoms with E-state index in [-0.39, 0.29) is 12.1 Å². The van der Waals surface area contributed by atoms with Gasteiger partial charge in [-0.3, -0.25) is 4.79 Å². The van der Waals surface area contributed by atoms with E-state index in [0.717, 1.165) is 51.4 Å². The molecule has 1 heterocycles. The highest BCUT2D eigenvalue weighted by Crippen LogP contribution is 2.54. The maximum absolute atomic E-state index is 11.1. The van der Waals surface area contributed by atoms with Crippen LogP contribution in [0.25, 0.3) is 0 Å². The van der Waals surface area contributed by atoms with Crippen molar-refractivity contribution in [2.75, 3.05) is 7.11 Å². The maximum Gasteiger partial charge on any atom is 0.305 e. The highest BCUT2D eigenvalue weighted by atomic mass is 32.2. The molecular formula is C21H36O4S. The Kier molecular flexibility index (Phi) is 8.98. The van der Waals surface area contributed by atoms with Gasteiger partial charge in [0.25, 0.3) is 0 Å². The van der Waals surface area contributed by atoms with Gasteiger partial charge in [0.05, 0.1) is 13.2 Å². The van der Waals surface area contributed by atoms with Crippen LogP contribution in [0.5, 0.6) is 0 Å². The Balaban J connectivity index is 1.76. The molecule has 0 spiro atoms. The highest BCUT2D eigenvalue weighted by Gasteiger charge is 2.49. The zero-order valence-electron chi connectivity index (χ0n) is 16.4. The third-order valence-electron chi connectivity index (χ3n) is 5.96. The number of hydrogen-bond donors (Lipinski definition) is 2. The fourth-order valence-electron chi connectivity index (χ4n) is 4.42. The predicted octanol–water partition coefficient (Wildman–Crippen LogP) is 4.44. The van der Waals surface area contributed by atoms with E-state index >= 15 is 0 Å². The Hall–Kier alpha value is -0.520. The Morgan fingerprint density at radius 2 is 2.12 bits per heavy atom. The van der Waals surface area contributed by atoms with Gasteiger partial charge >= 0.3 is 5.97 Å². The molecule has 1 aliphatic carbocycles. The van der Waals surface area contributed by atoms with Crippen molar-refractivity contribution >= 4 is 17.7 Å². The van der Waals surface area contributed by atoms with Gasteiger partial charge in [-0.25, -0.2) is 0 Å². The number of fused-ring (bicyclic) bond motifs is 1. The van der Waals surface area contributed by atoms with E-state index in [4.69, 9.17) is 0 Å². The number of unbranched alkanes of at least 4 members (excludes halogenated alkanes) is 3. The second-order valence-corrected chi connectivity index (χ2v) is 9.51. The molecule has 26 heavy (non-hydrogen) atoms. The monoisotopic (exact) mass is 384 g/mol. The van der Waals surface area contributed by atoms with Crippen molar-refractivity contribution in [3.05, 3.63) is 12.2 Å². The molecule has 1 aliphatic heterocycles. The summed E-state index contributed by atoms with van der Waals surface area (Å²) in [4.78, 5) is 10.5. The molecular weight excluding hydrogens is 348 g/mol. The summed E-state index contributed by atoms with van der Waals surface area (Å²) in [7, 11) is 1.42. The minimum atomic E-state index is -0.575. The molecule has 2 N–H and O–H groups in total. The summed E-state index contributed by atoms with van der Waals surface area (Å²) in [6.07, 6.45) is 14.1. The molecule has 1 saturated heterocycles. The lowest BCUT2D eigenvalue weighted by molar-refractivity contribution is -0.140. The summed E-state index contributed by atoms with van der Waals surface area (Å²) in [5.74, 6) is 0.670. The number of allylic oxidation sites excluding steroid dienone is 2. The summed E-state index contributed by atoms with van der Waals surface area (Å²) in [5, 5.41) is 21.8. The summed E-state index contributed by atoms with van der Waals surface area (Å²) in [5.41, 5.74) is 0. The number of carbonyl (C=O) groups is 1. The lowest BCUT2D eigenvalue weighted by atomic mass is 9.86. The van der Waals surface area contributed by atoms with Crippen LogP contribution in [-0.4, -0.2) is 39.6 Å². The van der Waals surface area contributed by atoms with Crippen molar-refractivity contribution in [2.45, 2.75) is 93.8 Å². The molecule has 1 saturated carbocycles. The van der Waals surface area contributed by atoms with Crippen molar-refractivity contribution in [3.63, 3.8) is 0 Å². The SMILES string of the molecule is CCCCCC1(O)CC[C@@H]2C(C/C=C\CCCC(=O)OC)[C@@H](O)C[C@H]2S1. The summed E-state index contributed by atoms with van der Waals surface area (Å²) < 4.78 is 4.64. The number of aliphatic hydroxyl groups excluding tert-OH is 1. The minimum Gasteiger partial charge on any atom is -0.469 e. The van der Waals surface area contributed by atoms with Crippen LogP contribution in [0.15, 0.2) is 12.2 Å². The quantitative estimate of drug-likeness (QED) is 0.331. The number of esters is 1. The number of methoxy groups -OCH3 is 1. The number of thioether (sulfide) groups is 1. The number of aliphatic hydroxyl groups is 2. The van der Waals surface area contributed by atoms with Crippen LogP contribution in [0.4, 0.5) is 0 Å². The van der Waals surface area contributed by atoms with Crippen LogP contribution < -0.4 is 0 Å². The highest BCUT2D eigenvalue weighted by molar-refractivity contribution is 8.01. The van der Waals surface area contributed by atoms with Gasteiger partial charge in [0.2, 0.25) is 0 Å². The third kappa shape index (κ3) is 6.28. The smallest absolute Gasteiger partial charge is 0.305 e. The zero-order valence-corrected chi connectivity index (χ0v) is 17.2. The van der Waals surface area contributed by atoms with Gasteiger partial charge in [0.1, 0.15) is 4.93 Å². The van der Waals surface area contributed by atoms with Gasteiger partial charge in [0, 0.05) is 11.7 Å². The standard InChI is InChI=1S/C21H36O4S/c1-3-4-9-13-21(24)14-12-17-16(18(22)15-19(17)26-21)10-7-5-6-8-11-20(23)25-2/h5,7,16-19,22,24H,3-4,6,8-15H2,1-2H3/b7-5-/t16?,17-,18+,19-,21?/m1/s1. The van der Waals surface area contributed by atoms with Gasteiger partial charge in [0.15, 0.2) is 0 Å². The molecule has 5 atom stereocenters. The predicted molar refractivity (Wildman–Crippen MR) is 107 cm³/mol. The van der Waals surface area contributed by atoms with E-state index in [1.807, 2.05) is 0 Å². The molecule has 2 unspecified atom stereocenters. The van der Waals surface area contributed by atoms with Crippen molar-refractivity contribution in [1.29, 1.82) is 0 Å². The number of hydrogen-bond acceptors (Lipinski definition) is 5. The lowest BCUT2D eigenvalue weighted by Crippen LogP contribution is -2.36. The first-order chi connectivity index (χ1) is 12.5. The average molecular weight is 385 g/mol. The zero-order chi connectivity index (χ0) is 19.0. The Bertz CT molecular complexity index is 467. The Labute approximate surface area is 162 Å².